The summed E-state index contributed by atoms with van der Waals surface area (Å²) in [6.07, 6.45) is 3.51. The van der Waals surface area contributed by atoms with Crippen molar-refractivity contribution >= 4 is 39.7 Å². The predicted octanol–water partition coefficient (Wildman–Crippen LogP) is 4.42. The molecule has 26 heavy (non-hydrogen) atoms. The fourth-order valence-electron chi connectivity index (χ4n) is 2.27. The van der Waals surface area contributed by atoms with Gasteiger partial charge in [-0.25, -0.2) is 5.43 Å². The minimum atomic E-state index is -0.359. The summed E-state index contributed by atoms with van der Waals surface area (Å²) in [7, 11) is 0. The van der Waals surface area contributed by atoms with Gasteiger partial charge >= 0.3 is 0 Å². The topological polar surface area (TPSA) is 55.6 Å². The number of hydrazone groups is 1. The van der Waals surface area contributed by atoms with E-state index < -0.39 is 0 Å². The largest absolute Gasteiger partial charge is 0.484 e. The zero-order valence-electron chi connectivity index (χ0n) is 13.6. The molecule has 132 valence electrons. The Morgan fingerprint density at radius 2 is 2.04 bits per heavy atom. The van der Waals surface area contributed by atoms with E-state index in [4.69, 9.17) is 16.3 Å². The van der Waals surface area contributed by atoms with E-state index in [9.17, 15) is 4.79 Å². The molecule has 3 rings (SSSR count). The summed E-state index contributed by atoms with van der Waals surface area (Å²) in [5.41, 5.74) is 4.27. The van der Waals surface area contributed by atoms with Crippen molar-refractivity contribution in [3.8, 4) is 11.4 Å². The molecule has 5 nitrogen and oxygen atoms in total. The lowest BCUT2D eigenvalue weighted by molar-refractivity contribution is -0.123. The minimum absolute atomic E-state index is 0.148. The molecule has 0 unspecified atom stereocenters. The Hall–Kier alpha value is -2.57. The number of ether oxygens (including phenoxy) is 1. The molecular formula is C19H15BrClN3O2. The molecule has 1 N–H and O–H groups in total. The number of nitrogens with one attached hydrogen (secondary N) is 1. The SMILES string of the molecule is O=C(COc1cccc(Cl)c1)N/N=C/c1cccn1-c1cccc(Br)c1. The lowest BCUT2D eigenvalue weighted by atomic mass is 10.3. The number of hydrogen-bond acceptors (Lipinski definition) is 3. The highest BCUT2D eigenvalue weighted by Crippen LogP contribution is 2.18. The molecule has 1 amide bonds. The molecule has 2 aromatic carbocycles. The third-order valence-corrected chi connectivity index (χ3v) is 4.15. The van der Waals surface area contributed by atoms with Crippen LogP contribution in [-0.4, -0.2) is 23.3 Å². The first-order valence-corrected chi connectivity index (χ1v) is 8.92. The van der Waals surface area contributed by atoms with Crippen molar-refractivity contribution in [3.63, 3.8) is 0 Å². The van der Waals surface area contributed by atoms with E-state index in [2.05, 4.69) is 26.5 Å². The quantitative estimate of drug-likeness (QED) is 0.463. The molecule has 0 spiro atoms. The zero-order chi connectivity index (χ0) is 18.4. The number of amides is 1. The monoisotopic (exact) mass is 431 g/mol. The molecule has 0 bridgehead atoms. The first kappa shape index (κ1) is 18.2. The number of hydrogen-bond donors (Lipinski definition) is 1. The van der Waals surface area contributed by atoms with Gasteiger partial charge in [0.1, 0.15) is 5.75 Å². The van der Waals surface area contributed by atoms with Gasteiger partial charge < -0.3 is 9.30 Å². The van der Waals surface area contributed by atoms with Crippen LogP contribution in [0.2, 0.25) is 5.02 Å². The number of carbonyl (C=O) groups is 1. The van der Waals surface area contributed by atoms with Crippen LogP contribution in [0.4, 0.5) is 0 Å². The highest BCUT2D eigenvalue weighted by atomic mass is 79.9. The van der Waals surface area contributed by atoms with Gasteiger partial charge in [-0.05, 0) is 48.5 Å². The molecule has 0 aliphatic carbocycles. The van der Waals surface area contributed by atoms with Crippen LogP contribution >= 0.6 is 27.5 Å². The van der Waals surface area contributed by atoms with Crippen LogP contribution in [0.25, 0.3) is 5.69 Å². The van der Waals surface area contributed by atoms with E-state index >= 15 is 0 Å². The van der Waals surface area contributed by atoms with Crippen molar-refractivity contribution in [2.45, 2.75) is 0 Å². The summed E-state index contributed by atoms with van der Waals surface area (Å²) < 4.78 is 8.31. The van der Waals surface area contributed by atoms with Crippen molar-refractivity contribution in [1.82, 2.24) is 9.99 Å². The summed E-state index contributed by atoms with van der Waals surface area (Å²) in [4.78, 5) is 11.8. The second-order valence-corrected chi connectivity index (χ2v) is 6.67. The second-order valence-electron chi connectivity index (χ2n) is 5.32. The molecule has 0 saturated heterocycles. The summed E-state index contributed by atoms with van der Waals surface area (Å²) in [5.74, 6) is 0.168. The minimum Gasteiger partial charge on any atom is -0.484 e. The lowest BCUT2D eigenvalue weighted by Gasteiger charge is -2.07. The fourth-order valence-corrected chi connectivity index (χ4v) is 2.84. The maximum absolute atomic E-state index is 11.8. The summed E-state index contributed by atoms with van der Waals surface area (Å²) >= 11 is 9.33. The van der Waals surface area contributed by atoms with Crippen LogP contribution in [0.15, 0.2) is 76.4 Å². The van der Waals surface area contributed by atoms with Gasteiger partial charge in [0.05, 0.1) is 11.9 Å². The third kappa shape index (κ3) is 4.97. The van der Waals surface area contributed by atoms with Gasteiger partial charge in [-0.3, -0.25) is 4.79 Å². The van der Waals surface area contributed by atoms with E-state index in [1.165, 1.54) is 0 Å². The Morgan fingerprint density at radius 3 is 2.85 bits per heavy atom. The predicted molar refractivity (Wildman–Crippen MR) is 106 cm³/mol. The smallest absolute Gasteiger partial charge is 0.277 e. The zero-order valence-corrected chi connectivity index (χ0v) is 15.9. The standard InChI is InChI=1S/C19H15BrClN3O2/c20-14-4-1-6-16(10-14)24-9-3-7-17(24)12-22-23-19(25)13-26-18-8-2-5-15(21)11-18/h1-12H,13H2,(H,23,25)/b22-12+. The van der Waals surface area contributed by atoms with E-state index in [1.807, 2.05) is 47.2 Å². The average molecular weight is 433 g/mol. The van der Waals surface area contributed by atoms with Gasteiger partial charge in [-0.1, -0.05) is 39.7 Å². The first-order chi connectivity index (χ1) is 12.6. The van der Waals surface area contributed by atoms with Crippen molar-refractivity contribution in [2.75, 3.05) is 6.61 Å². The van der Waals surface area contributed by atoms with Crippen LogP contribution in [0.3, 0.4) is 0 Å². The van der Waals surface area contributed by atoms with E-state index in [1.54, 1.807) is 30.5 Å². The van der Waals surface area contributed by atoms with Gasteiger partial charge in [0.25, 0.3) is 5.91 Å². The highest BCUT2D eigenvalue weighted by molar-refractivity contribution is 9.10. The van der Waals surface area contributed by atoms with Crippen molar-refractivity contribution in [2.24, 2.45) is 5.10 Å². The van der Waals surface area contributed by atoms with Crippen LogP contribution in [0.1, 0.15) is 5.69 Å². The number of rotatable bonds is 6. The van der Waals surface area contributed by atoms with Crippen molar-refractivity contribution in [3.05, 3.63) is 82.0 Å². The van der Waals surface area contributed by atoms with Gasteiger partial charge in [0, 0.05) is 21.4 Å². The van der Waals surface area contributed by atoms with Crippen LogP contribution < -0.4 is 10.2 Å². The van der Waals surface area contributed by atoms with Crippen LogP contribution in [-0.2, 0) is 4.79 Å². The summed E-state index contributed by atoms with van der Waals surface area (Å²) in [6, 6.07) is 18.6. The van der Waals surface area contributed by atoms with Crippen LogP contribution in [0, 0.1) is 0 Å². The average Bonchev–Trinajstić information content (AvgIpc) is 3.09. The van der Waals surface area contributed by atoms with Crippen molar-refractivity contribution < 1.29 is 9.53 Å². The third-order valence-electron chi connectivity index (χ3n) is 3.42. The highest BCUT2D eigenvalue weighted by Gasteiger charge is 2.04. The molecule has 0 fully saturated rings. The molecular weight excluding hydrogens is 418 g/mol. The maximum Gasteiger partial charge on any atom is 0.277 e. The summed E-state index contributed by atoms with van der Waals surface area (Å²) in [5, 5.41) is 4.54. The Bertz CT molecular complexity index is 940. The van der Waals surface area contributed by atoms with Gasteiger partial charge in [0.2, 0.25) is 0 Å². The Balaban J connectivity index is 1.57. The molecule has 0 radical (unpaired) electrons. The van der Waals surface area contributed by atoms with Gasteiger partial charge in [-0.2, -0.15) is 5.10 Å². The maximum atomic E-state index is 11.8. The Kier molecular flexibility index (Phi) is 6.09. The van der Waals surface area contributed by atoms with Crippen molar-refractivity contribution in [1.29, 1.82) is 0 Å². The second kappa shape index (κ2) is 8.69. The molecule has 0 aliphatic rings. The molecule has 0 saturated carbocycles. The number of halogens is 2. The lowest BCUT2D eigenvalue weighted by Crippen LogP contribution is -2.24. The Morgan fingerprint density at radius 1 is 1.19 bits per heavy atom. The van der Waals surface area contributed by atoms with E-state index in [0.29, 0.717) is 10.8 Å². The number of nitrogens with zero attached hydrogens (tertiary/aromatic N) is 2. The Labute approximate surface area is 164 Å². The number of aromatic nitrogens is 1. The molecule has 0 atom stereocenters. The fraction of sp³-hybridized carbons (Fsp3) is 0.0526. The van der Waals surface area contributed by atoms with Gasteiger partial charge in [-0.15, -0.1) is 0 Å². The molecule has 7 heteroatoms. The summed E-state index contributed by atoms with van der Waals surface area (Å²) in [6.45, 7) is -0.148. The molecule has 0 aliphatic heterocycles. The van der Waals surface area contributed by atoms with Gasteiger partial charge in [0.15, 0.2) is 6.61 Å². The normalized spacial score (nSPS) is 10.8. The molecule has 3 aromatic rings. The molecule has 1 heterocycles. The number of carbonyl (C=O) groups excluding carboxylic acids is 1. The van der Waals surface area contributed by atoms with E-state index in [-0.39, 0.29) is 12.5 Å². The first-order valence-electron chi connectivity index (χ1n) is 7.75. The molecule has 1 aromatic heterocycles. The number of benzene rings is 2. The van der Waals surface area contributed by atoms with Crippen LogP contribution in [0.5, 0.6) is 5.75 Å². The van der Waals surface area contributed by atoms with E-state index in [0.717, 1.165) is 15.9 Å².